The maximum absolute atomic E-state index is 4.71. The van der Waals surface area contributed by atoms with E-state index in [2.05, 4.69) is 99.2 Å². The molecular formula is C31H41N7. The Hall–Kier alpha value is -3.84. The van der Waals surface area contributed by atoms with E-state index in [4.69, 9.17) is 5.10 Å². The molecule has 3 aromatic heterocycles. The fourth-order valence-corrected chi connectivity index (χ4v) is 4.78. The van der Waals surface area contributed by atoms with Crippen molar-refractivity contribution in [2.45, 2.75) is 27.7 Å². The smallest absolute Gasteiger partial charge is 0.116 e. The van der Waals surface area contributed by atoms with Crippen molar-refractivity contribution in [3.05, 3.63) is 72.2 Å². The van der Waals surface area contributed by atoms with Gasteiger partial charge in [0.05, 0.1) is 23.1 Å². The Morgan fingerprint density at radius 3 is 2.47 bits per heavy atom. The van der Waals surface area contributed by atoms with Gasteiger partial charge < -0.3 is 19.7 Å². The van der Waals surface area contributed by atoms with Crippen LogP contribution in [0.4, 0.5) is 5.69 Å². The molecule has 0 bridgehead atoms. The number of anilines is 1. The van der Waals surface area contributed by atoms with Gasteiger partial charge in [-0.25, -0.2) is 0 Å². The molecule has 0 saturated carbocycles. The number of aromatic amines is 2. The third kappa shape index (κ3) is 5.68. The molecule has 7 nitrogen and oxygen atoms in total. The number of fused-ring (bicyclic) bond motifs is 1. The van der Waals surface area contributed by atoms with Crippen LogP contribution in [0.25, 0.3) is 39.1 Å². The summed E-state index contributed by atoms with van der Waals surface area (Å²) in [6.45, 7) is 12.4. The van der Waals surface area contributed by atoms with Crippen LogP contribution < -0.4 is 4.90 Å². The van der Waals surface area contributed by atoms with Gasteiger partial charge in [0.25, 0.3) is 0 Å². The summed E-state index contributed by atoms with van der Waals surface area (Å²) < 4.78 is 0. The van der Waals surface area contributed by atoms with Gasteiger partial charge >= 0.3 is 0 Å². The van der Waals surface area contributed by atoms with Gasteiger partial charge in [-0.3, -0.25) is 10.1 Å². The Bertz CT molecular complexity index is 1420. The van der Waals surface area contributed by atoms with E-state index in [-0.39, 0.29) is 0 Å². The molecule has 38 heavy (non-hydrogen) atoms. The predicted molar refractivity (Wildman–Crippen MR) is 161 cm³/mol. The first-order valence-electron chi connectivity index (χ1n) is 13.5. The molecule has 1 aromatic carbocycles. The zero-order valence-corrected chi connectivity index (χ0v) is 23.8. The third-order valence-electron chi connectivity index (χ3n) is 6.97. The van der Waals surface area contributed by atoms with Crippen molar-refractivity contribution in [2.24, 2.45) is 0 Å². The second kappa shape index (κ2) is 12.1. The molecule has 1 aliphatic rings. The van der Waals surface area contributed by atoms with E-state index in [0.717, 1.165) is 71.0 Å². The average molecular weight is 512 g/mol. The van der Waals surface area contributed by atoms with E-state index < -0.39 is 0 Å². The molecule has 2 N–H and O–H groups in total. The zero-order chi connectivity index (χ0) is 27.2. The Kier molecular flexibility index (Phi) is 8.69. The lowest BCUT2D eigenvalue weighted by Gasteiger charge is -2.35. The number of nitrogens with zero attached hydrogens (tertiary/aromatic N) is 5. The second-order valence-corrected chi connectivity index (χ2v) is 9.75. The van der Waals surface area contributed by atoms with Crippen molar-refractivity contribution in [1.29, 1.82) is 0 Å². The molecule has 4 heterocycles. The number of aryl methyl sites for hydroxylation is 1. The van der Waals surface area contributed by atoms with Crippen molar-refractivity contribution in [1.82, 2.24) is 30.0 Å². The number of likely N-dealkylation sites (N-methyl/N-ethyl adjacent to an activating group) is 1. The van der Waals surface area contributed by atoms with Crippen LogP contribution in [0.15, 0.2) is 61.0 Å². The highest BCUT2D eigenvalue weighted by Gasteiger charge is 2.21. The number of benzene rings is 1. The van der Waals surface area contributed by atoms with Gasteiger partial charge in [0.2, 0.25) is 0 Å². The molecule has 0 aliphatic carbocycles. The quantitative estimate of drug-likeness (QED) is 0.302. The normalized spacial score (nSPS) is 14.7. The topological polar surface area (TPSA) is 67.1 Å². The maximum Gasteiger partial charge on any atom is 0.116 e. The Morgan fingerprint density at radius 1 is 1.00 bits per heavy atom. The zero-order valence-electron chi connectivity index (χ0n) is 23.8. The first-order chi connectivity index (χ1) is 18.4. The summed E-state index contributed by atoms with van der Waals surface area (Å²) in [5.74, 6) is 0. The maximum atomic E-state index is 4.71. The molecule has 0 unspecified atom stereocenters. The van der Waals surface area contributed by atoms with Crippen molar-refractivity contribution in [2.75, 3.05) is 52.2 Å². The molecule has 0 atom stereocenters. The van der Waals surface area contributed by atoms with E-state index in [1.807, 2.05) is 40.3 Å². The van der Waals surface area contributed by atoms with Gasteiger partial charge in [-0.2, -0.15) is 5.10 Å². The summed E-state index contributed by atoms with van der Waals surface area (Å²) in [4.78, 5) is 15.0. The monoisotopic (exact) mass is 511 g/mol. The van der Waals surface area contributed by atoms with Crippen LogP contribution in [-0.4, -0.2) is 77.3 Å². The second-order valence-electron chi connectivity index (χ2n) is 9.75. The minimum Gasteiger partial charge on any atom is -0.376 e. The first kappa shape index (κ1) is 27.2. The predicted octanol–water partition coefficient (Wildman–Crippen LogP) is 6.19. The van der Waals surface area contributed by atoms with E-state index >= 15 is 0 Å². The first-order valence-corrected chi connectivity index (χ1v) is 13.5. The molecule has 1 fully saturated rings. The van der Waals surface area contributed by atoms with Gasteiger partial charge in [-0.05, 0) is 56.8 Å². The van der Waals surface area contributed by atoms with Crippen LogP contribution in [0.2, 0.25) is 0 Å². The number of aromatic nitrogens is 4. The summed E-state index contributed by atoms with van der Waals surface area (Å²) in [5.41, 5.74) is 9.89. The lowest BCUT2D eigenvalue weighted by atomic mass is 10.0. The van der Waals surface area contributed by atoms with Crippen molar-refractivity contribution in [3.63, 3.8) is 0 Å². The lowest BCUT2D eigenvalue weighted by molar-refractivity contribution is 0.207. The average Bonchev–Trinajstić information content (AvgIpc) is 3.54. The number of allylic oxidation sites excluding steroid dienone is 3. The molecule has 7 heteroatoms. The summed E-state index contributed by atoms with van der Waals surface area (Å²) in [6.07, 6.45) is 10.2. The summed E-state index contributed by atoms with van der Waals surface area (Å²) in [6, 6.07) is 10.8. The lowest BCUT2D eigenvalue weighted by Crippen LogP contribution is -2.43. The van der Waals surface area contributed by atoms with Gasteiger partial charge in [0, 0.05) is 74.4 Å². The Morgan fingerprint density at radius 2 is 1.76 bits per heavy atom. The van der Waals surface area contributed by atoms with Crippen molar-refractivity contribution in [3.8, 4) is 22.5 Å². The molecule has 4 aromatic rings. The molecule has 0 amide bonds. The Balaban J connectivity index is 0.00000164. The molecule has 0 radical (unpaired) electrons. The number of nitrogens with one attached hydrogen (secondary N) is 2. The highest BCUT2D eigenvalue weighted by Crippen LogP contribution is 2.34. The fraction of sp³-hybridized carbons (Fsp3) is 0.355. The van der Waals surface area contributed by atoms with E-state index in [1.54, 1.807) is 0 Å². The van der Waals surface area contributed by atoms with Crippen LogP contribution >= 0.6 is 0 Å². The minimum absolute atomic E-state index is 0.932. The van der Waals surface area contributed by atoms with E-state index in [9.17, 15) is 0 Å². The number of rotatable bonds is 6. The van der Waals surface area contributed by atoms with E-state index in [1.165, 1.54) is 11.3 Å². The Labute approximate surface area is 226 Å². The number of piperazine rings is 1. The van der Waals surface area contributed by atoms with Crippen LogP contribution in [-0.2, 0) is 0 Å². The van der Waals surface area contributed by atoms with Gasteiger partial charge in [-0.1, -0.05) is 32.1 Å². The number of pyridine rings is 1. The van der Waals surface area contributed by atoms with Crippen LogP contribution in [0.3, 0.4) is 0 Å². The van der Waals surface area contributed by atoms with Crippen LogP contribution in [0.1, 0.15) is 32.0 Å². The number of H-pyrrole nitrogens is 2. The molecule has 1 saturated heterocycles. The van der Waals surface area contributed by atoms with Gasteiger partial charge in [0.1, 0.15) is 5.69 Å². The number of hydrogen-bond donors (Lipinski definition) is 2. The van der Waals surface area contributed by atoms with Crippen molar-refractivity contribution < 1.29 is 0 Å². The summed E-state index contributed by atoms with van der Waals surface area (Å²) >= 11 is 0. The highest BCUT2D eigenvalue weighted by molar-refractivity contribution is 5.95. The standard InChI is InChI=1S/C29H35N7.C2H6/c1-6-7-8-28(36-13-11-35(5)12-14-36)24-17-27(31-20(24)2)29-25-16-21(9-10-26(25)32-33-29)22-15-23(34(3)4)19-30-18-22;1-2/h6-10,15-19,31H,11-14H2,1-5H3,(H,32,33);1-2H3/b7-6-,28-8+;. The number of hydrogen-bond acceptors (Lipinski definition) is 5. The molecule has 0 spiro atoms. The SMILES string of the molecule is C/C=C\C=C(/c1cc(-c2n[nH]c3ccc(-c4cncc(N(C)C)c4)cc23)[nH]c1C)N1CCN(C)CC1.CC. The molecule has 200 valence electrons. The van der Waals surface area contributed by atoms with E-state index in [0.29, 0.717) is 0 Å². The fourth-order valence-electron chi connectivity index (χ4n) is 4.78. The van der Waals surface area contributed by atoms with Gasteiger partial charge in [0.15, 0.2) is 0 Å². The largest absolute Gasteiger partial charge is 0.376 e. The van der Waals surface area contributed by atoms with Crippen LogP contribution in [0, 0.1) is 6.92 Å². The van der Waals surface area contributed by atoms with Crippen LogP contribution in [0.5, 0.6) is 0 Å². The summed E-state index contributed by atoms with van der Waals surface area (Å²) in [7, 11) is 6.26. The van der Waals surface area contributed by atoms with Crippen molar-refractivity contribution >= 4 is 22.3 Å². The summed E-state index contributed by atoms with van der Waals surface area (Å²) in [5, 5.41) is 9.02. The van der Waals surface area contributed by atoms with Gasteiger partial charge in [-0.15, -0.1) is 0 Å². The highest BCUT2D eigenvalue weighted by atomic mass is 15.3. The third-order valence-corrected chi connectivity index (χ3v) is 6.97. The molecule has 1 aliphatic heterocycles. The molecular weight excluding hydrogens is 470 g/mol. The molecule has 5 rings (SSSR count). The minimum atomic E-state index is 0.932.